The van der Waals surface area contributed by atoms with Crippen molar-refractivity contribution in [1.82, 2.24) is 4.90 Å². The number of nitrogens with one attached hydrogen (secondary N) is 1. The molecule has 0 radical (unpaired) electrons. The maximum absolute atomic E-state index is 13.6. The number of nitrogens with two attached hydrogens (primary N) is 1. The molecule has 0 saturated carbocycles. The summed E-state index contributed by atoms with van der Waals surface area (Å²) in [4.78, 5) is 26.5. The van der Waals surface area contributed by atoms with E-state index in [4.69, 9.17) is 36.3 Å². The number of benzene rings is 3. The summed E-state index contributed by atoms with van der Waals surface area (Å²) in [6, 6.07) is 16.3. The minimum Gasteiger partial charge on any atom is -0.493 e. The molecule has 2 aliphatic rings. The third-order valence-corrected chi connectivity index (χ3v) is 6.02. The number of carbonyl (C=O) groups excluding carboxylic acids is 2. The second kappa shape index (κ2) is 9.27. The Morgan fingerprint density at radius 2 is 1.97 bits per heavy atom. The summed E-state index contributed by atoms with van der Waals surface area (Å²) in [5, 5.41) is 3.65. The smallest absolute Gasteiger partial charge is 0.258 e. The van der Waals surface area contributed by atoms with E-state index in [1.165, 1.54) is 7.11 Å². The SMILES string of the molecule is COc1cc(C2Nc3ccccc3C(=O)N2Cc2ccc3c(c2)OCO3)cc(Cl)c1OCC(N)=O. The van der Waals surface area contributed by atoms with Crippen molar-refractivity contribution in [3.05, 3.63) is 76.3 Å². The van der Waals surface area contributed by atoms with Gasteiger partial charge in [-0.2, -0.15) is 0 Å². The van der Waals surface area contributed by atoms with E-state index in [1.807, 2.05) is 36.4 Å². The number of hydrogen-bond donors (Lipinski definition) is 2. The topological polar surface area (TPSA) is 112 Å². The quantitative estimate of drug-likeness (QED) is 0.513. The summed E-state index contributed by atoms with van der Waals surface area (Å²) < 4.78 is 21.8. The van der Waals surface area contributed by atoms with Gasteiger partial charge in [0.15, 0.2) is 29.6 Å². The maximum Gasteiger partial charge on any atom is 0.258 e. The molecule has 1 atom stereocenters. The predicted octanol–water partition coefficient (Wildman–Crippen LogP) is 3.71. The Hall–Kier alpha value is -4.11. The van der Waals surface area contributed by atoms with Crippen LogP contribution in [0.4, 0.5) is 5.69 Å². The molecule has 2 heterocycles. The Kier molecular flexibility index (Phi) is 6.00. The molecule has 1 unspecified atom stereocenters. The van der Waals surface area contributed by atoms with E-state index in [9.17, 15) is 9.59 Å². The number of halogens is 1. The van der Waals surface area contributed by atoms with Gasteiger partial charge < -0.3 is 34.9 Å². The maximum atomic E-state index is 13.6. The molecule has 3 aromatic rings. The van der Waals surface area contributed by atoms with Gasteiger partial charge in [0.25, 0.3) is 11.8 Å². The Labute approximate surface area is 206 Å². The molecule has 3 N–H and O–H groups in total. The van der Waals surface area contributed by atoms with Gasteiger partial charge in [-0.3, -0.25) is 9.59 Å². The lowest BCUT2D eigenvalue weighted by atomic mass is 10.0. The van der Waals surface area contributed by atoms with Crippen molar-refractivity contribution in [2.24, 2.45) is 5.73 Å². The first-order valence-corrected chi connectivity index (χ1v) is 11.2. The van der Waals surface area contributed by atoms with Gasteiger partial charge in [-0.25, -0.2) is 0 Å². The first kappa shape index (κ1) is 22.7. The number of primary amides is 1. The highest BCUT2D eigenvalue weighted by molar-refractivity contribution is 6.32. The van der Waals surface area contributed by atoms with Crippen LogP contribution in [0.25, 0.3) is 0 Å². The van der Waals surface area contributed by atoms with Gasteiger partial charge in [-0.1, -0.05) is 29.8 Å². The molecule has 0 aliphatic carbocycles. The molecule has 2 amide bonds. The molecule has 10 heteroatoms. The van der Waals surface area contributed by atoms with E-state index in [-0.39, 0.29) is 30.1 Å². The highest BCUT2D eigenvalue weighted by Crippen LogP contribution is 2.42. The van der Waals surface area contributed by atoms with E-state index in [1.54, 1.807) is 23.1 Å². The fourth-order valence-electron chi connectivity index (χ4n) is 4.14. The van der Waals surface area contributed by atoms with Crippen LogP contribution in [0.3, 0.4) is 0 Å². The average molecular weight is 496 g/mol. The lowest BCUT2D eigenvalue weighted by Gasteiger charge is -2.38. The van der Waals surface area contributed by atoms with Crippen LogP contribution < -0.4 is 30.0 Å². The van der Waals surface area contributed by atoms with Crippen LogP contribution in [-0.2, 0) is 11.3 Å². The Morgan fingerprint density at radius 1 is 1.17 bits per heavy atom. The Bertz CT molecular complexity index is 1310. The van der Waals surface area contributed by atoms with Crippen LogP contribution in [0, 0.1) is 0 Å². The first-order chi connectivity index (χ1) is 16.9. The van der Waals surface area contributed by atoms with Crippen molar-refractivity contribution in [2.45, 2.75) is 12.7 Å². The molecule has 0 saturated heterocycles. The zero-order chi connectivity index (χ0) is 24.5. The largest absolute Gasteiger partial charge is 0.493 e. The molecule has 0 aromatic heterocycles. The molecule has 5 rings (SSSR count). The van der Waals surface area contributed by atoms with Crippen molar-refractivity contribution in [2.75, 3.05) is 25.8 Å². The minimum atomic E-state index is -0.641. The number of carbonyl (C=O) groups is 2. The van der Waals surface area contributed by atoms with Crippen molar-refractivity contribution in [3.63, 3.8) is 0 Å². The summed E-state index contributed by atoms with van der Waals surface area (Å²) in [6.45, 7) is 0.113. The average Bonchev–Trinajstić information content (AvgIpc) is 3.32. The highest BCUT2D eigenvalue weighted by Gasteiger charge is 2.34. The summed E-state index contributed by atoms with van der Waals surface area (Å²) in [6.07, 6.45) is -0.570. The fraction of sp³-hybridized carbons (Fsp3) is 0.200. The van der Waals surface area contributed by atoms with Crippen LogP contribution in [-0.4, -0.2) is 37.2 Å². The molecule has 180 valence electrons. The van der Waals surface area contributed by atoms with Crippen LogP contribution in [0.15, 0.2) is 54.6 Å². The molecule has 3 aromatic carbocycles. The number of amides is 2. The highest BCUT2D eigenvalue weighted by atomic mass is 35.5. The van der Waals surface area contributed by atoms with E-state index < -0.39 is 12.1 Å². The number of fused-ring (bicyclic) bond motifs is 2. The molecule has 35 heavy (non-hydrogen) atoms. The van der Waals surface area contributed by atoms with Gasteiger partial charge in [-0.15, -0.1) is 0 Å². The molecule has 2 aliphatic heterocycles. The number of hydrogen-bond acceptors (Lipinski definition) is 7. The fourth-order valence-corrected chi connectivity index (χ4v) is 4.41. The molecule has 0 bridgehead atoms. The monoisotopic (exact) mass is 495 g/mol. The standard InChI is InChI=1S/C25H22ClN3O6/c1-32-21-10-15(9-17(26)23(21)33-12-22(27)30)24-28-18-5-3-2-4-16(18)25(31)29(24)11-14-6-7-19-20(8-14)35-13-34-19/h2-10,24,28H,11-13H2,1H3,(H2,27,30). The number of methoxy groups -OCH3 is 1. The number of anilines is 1. The van der Waals surface area contributed by atoms with Gasteiger partial charge >= 0.3 is 0 Å². The van der Waals surface area contributed by atoms with Gasteiger partial charge in [0.05, 0.1) is 17.7 Å². The lowest BCUT2D eigenvalue weighted by Crippen LogP contribution is -2.42. The summed E-state index contributed by atoms with van der Waals surface area (Å²) >= 11 is 6.51. The lowest BCUT2D eigenvalue weighted by molar-refractivity contribution is -0.119. The van der Waals surface area contributed by atoms with Gasteiger partial charge in [0, 0.05) is 17.8 Å². The second-order valence-corrected chi connectivity index (χ2v) is 8.41. The number of nitrogens with zero attached hydrogens (tertiary/aromatic N) is 1. The number of rotatable bonds is 7. The number of ether oxygens (including phenoxy) is 4. The summed E-state index contributed by atoms with van der Waals surface area (Å²) in [5.74, 6) is 1.02. The van der Waals surface area contributed by atoms with Gasteiger partial charge in [0.2, 0.25) is 6.79 Å². The predicted molar refractivity (Wildman–Crippen MR) is 128 cm³/mol. The van der Waals surface area contributed by atoms with E-state index in [0.717, 1.165) is 5.56 Å². The van der Waals surface area contributed by atoms with Crippen LogP contribution in [0.5, 0.6) is 23.0 Å². The zero-order valence-electron chi connectivity index (χ0n) is 18.7. The second-order valence-electron chi connectivity index (χ2n) is 8.00. The van der Waals surface area contributed by atoms with E-state index in [0.29, 0.717) is 40.6 Å². The molecule has 0 fully saturated rings. The van der Waals surface area contributed by atoms with Crippen molar-refractivity contribution < 1.29 is 28.5 Å². The Morgan fingerprint density at radius 3 is 2.77 bits per heavy atom. The zero-order valence-corrected chi connectivity index (χ0v) is 19.5. The van der Waals surface area contributed by atoms with E-state index in [2.05, 4.69) is 5.32 Å². The van der Waals surface area contributed by atoms with Gasteiger partial charge in [0.1, 0.15) is 6.17 Å². The van der Waals surface area contributed by atoms with Gasteiger partial charge in [-0.05, 0) is 42.0 Å². The van der Waals surface area contributed by atoms with Crippen molar-refractivity contribution in [1.29, 1.82) is 0 Å². The Balaban J connectivity index is 1.54. The molecular weight excluding hydrogens is 474 g/mol. The summed E-state index contributed by atoms with van der Waals surface area (Å²) in [7, 11) is 1.46. The van der Waals surface area contributed by atoms with E-state index >= 15 is 0 Å². The third-order valence-electron chi connectivity index (χ3n) is 5.74. The summed E-state index contributed by atoms with van der Waals surface area (Å²) in [5.41, 5.74) is 7.99. The van der Waals surface area contributed by atoms with Crippen molar-refractivity contribution >= 4 is 29.1 Å². The molecular formula is C25H22ClN3O6. The normalized spacial score (nSPS) is 15.9. The minimum absolute atomic E-state index is 0.147. The van der Waals surface area contributed by atoms with Crippen LogP contribution in [0.2, 0.25) is 5.02 Å². The van der Waals surface area contributed by atoms with Crippen LogP contribution in [0.1, 0.15) is 27.7 Å². The number of para-hydroxylation sites is 1. The van der Waals surface area contributed by atoms with Crippen molar-refractivity contribution in [3.8, 4) is 23.0 Å². The first-order valence-electron chi connectivity index (χ1n) is 10.8. The molecule has 9 nitrogen and oxygen atoms in total. The van der Waals surface area contributed by atoms with Crippen LogP contribution >= 0.6 is 11.6 Å². The molecule has 0 spiro atoms. The third kappa shape index (κ3) is 4.38.